The molecule has 5 N–H and O–H groups in total. The molecule has 10 nitrogen and oxygen atoms in total. The molecule has 0 amide bonds. The van der Waals surface area contributed by atoms with Crippen LogP contribution in [0.3, 0.4) is 0 Å². The van der Waals surface area contributed by atoms with Crippen LogP contribution in [0, 0.1) is 13.8 Å². The zero-order valence-corrected chi connectivity index (χ0v) is 22.0. The van der Waals surface area contributed by atoms with Crippen molar-refractivity contribution in [3.63, 3.8) is 0 Å². The molecule has 3 rings (SSSR count). The molecule has 0 radical (unpaired) electrons. The Morgan fingerprint density at radius 1 is 1.14 bits per heavy atom. The van der Waals surface area contributed by atoms with Crippen molar-refractivity contribution >= 4 is 18.6 Å². The first-order valence-electron chi connectivity index (χ1n) is 12.0. The van der Waals surface area contributed by atoms with Crippen molar-refractivity contribution in [2.24, 2.45) is 0 Å². The smallest absolute Gasteiger partial charge is 0.359 e. The lowest BCUT2D eigenvalue weighted by Gasteiger charge is -2.38. The molecule has 1 fully saturated rings. The zero-order chi connectivity index (χ0) is 26.3. The Labute approximate surface area is 204 Å². The highest BCUT2D eigenvalue weighted by atomic mass is 31.2. The van der Waals surface area contributed by atoms with Crippen LogP contribution >= 0.6 is 7.60 Å². The van der Waals surface area contributed by atoms with Crippen molar-refractivity contribution in [1.82, 2.24) is 9.97 Å². The number of aromatic nitrogens is 2. The monoisotopic (exact) mass is 512 g/mol. The van der Waals surface area contributed by atoms with E-state index in [0.29, 0.717) is 11.0 Å². The maximum atomic E-state index is 13.0. The molecule has 3 unspecified atom stereocenters. The molecule has 1 aliphatic heterocycles. The van der Waals surface area contributed by atoms with Gasteiger partial charge in [-0.15, -0.1) is 0 Å². The van der Waals surface area contributed by atoms with Gasteiger partial charge in [0.05, 0.1) is 11.7 Å². The molecular weight excluding hydrogens is 475 g/mol. The van der Waals surface area contributed by atoms with E-state index in [1.807, 2.05) is 19.9 Å². The number of fused-ring (bicyclic) bond motifs is 1. The summed E-state index contributed by atoms with van der Waals surface area (Å²) in [6, 6.07) is 3.46. The summed E-state index contributed by atoms with van der Waals surface area (Å²) < 4.78 is 24.6. The summed E-state index contributed by atoms with van der Waals surface area (Å²) in [5.41, 5.74) is 0.537. The fraction of sp³-hybridized carbons (Fsp3) is 0.667. The molecule has 0 bridgehead atoms. The minimum Gasteiger partial charge on any atom is -0.388 e. The summed E-state index contributed by atoms with van der Waals surface area (Å²) in [6.45, 7) is 10.3. The highest BCUT2D eigenvalue weighted by molar-refractivity contribution is 7.54. The van der Waals surface area contributed by atoms with Crippen LogP contribution in [0.4, 0.5) is 0 Å². The third-order valence-electron chi connectivity index (χ3n) is 7.35. The summed E-state index contributed by atoms with van der Waals surface area (Å²) in [7, 11) is -4.47. The molecule has 3 heterocycles. The number of rotatable bonds is 9. The molecule has 0 aliphatic carbocycles. The molecule has 2 aromatic rings. The second-order valence-electron chi connectivity index (χ2n) is 9.77. The van der Waals surface area contributed by atoms with Crippen LogP contribution in [-0.4, -0.2) is 59.4 Å². The zero-order valence-electron chi connectivity index (χ0n) is 21.1. The van der Waals surface area contributed by atoms with Crippen molar-refractivity contribution < 1.29 is 34.0 Å². The minimum atomic E-state index is -4.47. The minimum absolute atomic E-state index is 0.0268. The maximum Gasteiger partial charge on any atom is 0.359 e. The molecule has 1 saturated heterocycles. The van der Waals surface area contributed by atoms with Gasteiger partial charge in [-0.25, -0.2) is 4.98 Å². The summed E-state index contributed by atoms with van der Waals surface area (Å²) in [5.74, 6) is 0. The number of nitrogens with one attached hydrogen (secondary N) is 1. The number of aryl methyl sites for hydroxylation is 2. The number of aliphatic hydroxyl groups excluding tert-OH is 2. The molecule has 2 aromatic heterocycles. The number of hydrogen-bond donors (Lipinski definition) is 5. The topological polar surface area (TPSA) is 162 Å². The van der Waals surface area contributed by atoms with E-state index in [4.69, 9.17) is 9.26 Å². The molecule has 1 aliphatic rings. The van der Waals surface area contributed by atoms with Crippen LogP contribution in [0.15, 0.2) is 16.9 Å². The van der Waals surface area contributed by atoms with E-state index in [0.717, 1.165) is 11.3 Å². The number of aromatic amines is 1. The number of pyridine rings is 2. The van der Waals surface area contributed by atoms with E-state index < -0.39 is 48.5 Å². The number of nitrogens with zero attached hydrogens (tertiary/aromatic N) is 1. The van der Waals surface area contributed by atoms with Gasteiger partial charge in [0.1, 0.15) is 24.0 Å². The van der Waals surface area contributed by atoms with Crippen LogP contribution < -0.4 is 5.56 Å². The van der Waals surface area contributed by atoms with Gasteiger partial charge in [0.25, 0.3) is 5.56 Å². The lowest BCUT2D eigenvalue weighted by Crippen LogP contribution is -2.40. The van der Waals surface area contributed by atoms with Gasteiger partial charge in [-0.2, -0.15) is 0 Å². The fourth-order valence-electron chi connectivity index (χ4n) is 4.44. The van der Waals surface area contributed by atoms with E-state index in [1.54, 1.807) is 33.8 Å². The van der Waals surface area contributed by atoms with Crippen molar-refractivity contribution in [3.8, 4) is 0 Å². The first kappa shape index (κ1) is 27.9. The quantitative estimate of drug-likeness (QED) is 0.318. The Morgan fingerprint density at radius 2 is 1.77 bits per heavy atom. The second kappa shape index (κ2) is 10.0. The number of ether oxygens (including phenoxy) is 1. The standard InChI is InChI=1S/C24H37N2O8P/c1-7-23(6,34-35(31,32)24(30,8-2)9-3)12-17-18(27)19(28)20(33-17)16-11-15-10-13(4)14(5)25-21(15)26-22(16)29/h10-11,17-20,27-28,30H,7-9,12H2,1-6H3,(H,31,32)(H,25,26,29)/t17-,18?,19+,20+,23?/m1/s1. The van der Waals surface area contributed by atoms with E-state index in [2.05, 4.69) is 9.97 Å². The predicted molar refractivity (Wildman–Crippen MR) is 131 cm³/mol. The van der Waals surface area contributed by atoms with Crippen LogP contribution in [0.25, 0.3) is 11.0 Å². The molecule has 196 valence electrons. The van der Waals surface area contributed by atoms with Gasteiger partial charge in [-0.05, 0) is 57.7 Å². The second-order valence-corrected chi connectivity index (χ2v) is 11.8. The Bertz CT molecular complexity index is 1180. The van der Waals surface area contributed by atoms with E-state index in [1.165, 1.54) is 0 Å². The Morgan fingerprint density at radius 3 is 2.34 bits per heavy atom. The number of H-pyrrole nitrogens is 1. The van der Waals surface area contributed by atoms with E-state index >= 15 is 0 Å². The Balaban J connectivity index is 1.88. The normalized spacial score (nSPS) is 26.6. The SMILES string of the molecule is CCC(C)(C[C@H]1O[C@@H](c2cc3cc(C)c(C)nc3[nH]c2=O)[C@@H](O)C1O)OP(=O)(O)C(O)(CC)CC. The molecular formula is C24H37N2O8P. The van der Waals surface area contributed by atoms with Gasteiger partial charge in [0.2, 0.25) is 0 Å². The van der Waals surface area contributed by atoms with Gasteiger partial charge in [-0.3, -0.25) is 9.36 Å². The summed E-state index contributed by atoms with van der Waals surface area (Å²) in [4.78, 5) is 30.5. The highest BCUT2D eigenvalue weighted by Crippen LogP contribution is 2.60. The van der Waals surface area contributed by atoms with Gasteiger partial charge in [0.15, 0.2) is 5.34 Å². The van der Waals surface area contributed by atoms with Gasteiger partial charge < -0.3 is 34.5 Å². The largest absolute Gasteiger partial charge is 0.388 e. The molecule has 6 atom stereocenters. The lowest BCUT2D eigenvalue weighted by atomic mass is 9.92. The molecule has 0 spiro atoms. The first-order chi connectivity index (χ1) is 16.2. The fourth-order valence-corrected chi connectivity index (χ4v) is 6.21. The number of aliphatic hydroxyl groups is 3. The van der Waals surface area contributed by atoms with E-state index in [9.17, 15) is 29.6 Å². The van der Waals surface area contributed by atoms with Crippen molar-refractivity contribution in [1.29, 1.82) is 0 Å². The third-order valence-corrected chi connectivity index (χ3v) is 9.73. The number of hydrogen-bond acceptors (Lipinski definition) is 8. The predicted octanol–water partition coefficient (Wildman–Crippen LogP) is 2.97. The lowest BCUT2D eigenvalue weighted by molar-refractivity contribution is -0.0544. The average molecular weight is 513 g/mol. The maximum absolute atomic E-state index is 13.0. The summed E-state index contributed by atoms with van der Waals surface area (Å²) in [6.07, 6.45) is -4.58. The van der Waals surface area contributed by atoms with Crippen molar-refractivity contribution in [2.75, 3.05) is 0 Å². The summed E-state index contributed by atoms with van der Waals surface area (Å²) >= 11 is 0. The van der Waals surface area contributed by atoms with Gasteiger partial charge in [0, 0.05) is 23.1 Å². The molecule has 35 heavy (non-hydrogen) atoms. The van der Waals surface area contributed by atoms with Crippen LogP contribution in [-0.2, 0) is 13.8 Å². The van der Waals surface area contributed by atoms with Crippen LogP contribution in [0.1, 0.15) is 76.3 Å². The molecule has 11 heteroatoms. The van der Waals surface area contributed by atoms with Crippen molar-refractivity contribution in [3.05, 3.63) is 39.3 Å². The van der Waals surface area contributed by atoms with Gasteiger partial charge >= 0.3 is 7.60 Å². The Kier molecular flexibility index (Phi) is 7.99. The highest BCUT2D eigenvalue weighted by Gasteiger charge is 2.51. The van der Waals surface area contributed by atoms with E-state index in [-0.39, 0.29) is 31.2 Å². The molecule has 0 saturated carbocycles. The van der Waals surface area contributed by atoms with Gasteiger partial charge in [-0.1, -0.05) is 20.8 Å². The molecule has 0 aromatic carbocycles. The Hall–Kier alpha value is -1.65. The van der Waals surface area contributed by atoms with Crippen LogP contribution in [0.2, 0.25) is 0 Å². The van der Waals surface area contributed by atoms with Crippen molar-refractivity contribution in [2.45, 2.75) is 103 Å². The third kappa shape index (κ3) is 5.25. The van der Waals surface area contributed by atoms with Crippen LogP contribution in [0.5, 0.6) is 0 Å². The average Bonchev–Trinajstić information content (AvgIpc) is 3.06. The summed E-state index contributed by atoms with van der Waals surface area (Å²) in [5, 5.41) is 30.9. The first-order valence-corrected chi connectivity index (χ1v) is 13.6.